The second kappa shape index (κ2) is 5.76. The quantitative estimate of drug-likeness (QED) is 0.598. The monoisotopic (exact) mass is 378 g/mol. The van der Waals surface area contributed by atoms with Crippen LogP contribution >= 0.6 is 11.3 Å². The molecule has 0 unspecified atom stereocenters. The maximum Gasteiger partial charge on any atom is 0.282 e. The Morgan fingerprint density at radius 3 is 2.81 bits per heavy atom. The van der Waals surface area contributed by atoms with Crippen LogP contribution in [0.15, 0.2) is 29.1 Å². The first-order chi connectivity index (χ1) is 13.3. The van der Waals surface area contributed by atoms with Crippen LogP contribution in [-0.4, -0.2) is 22.8 Å². The first-order valence-corrected chi connectivity index (χ1v) is 10.8. The smallest absolute Gasteiger partial charge is 0.282 e. The van der Waals surface area contributed by atoms with Gasteiger partial charge in [0.25, 0.3) is 5.56 Å². The normalized spacial score (nSPS) is 20.3. The highest BCUT2D eigenvalue weighted by atomic mass is 32.1. The molecular formula is C22H22N2O2S. The predicted octanol–water partition coefficient (Wildman–Crippen LogP) is 3.80. The van der Waals surface area contributed by atoms with Crippen LogP contribution in [0.2, 0.25) is 0 Å². The number of ether oxygens (including phenoxy) is 1. The number of nitrogens with zero attached hydrogens (tertiary/aromatic N) is 2. The molecule has 1 saturated heterocycles. The van der Waals surface area contributed by atoms with Crippen LogP contribution in [0.3, 0.4) is 0 Å². The van der Waals surface area contributed by atoms with Gasteiger partial charge in [0.1, 0.15) is 10.7 Å². The second-order valence-electron chi connectivity index (χ2n) is 8.07. The van der Waals surface area contributed by atoms with E-state index < -0.39 is 0 Å². The highest BCUT2D eigenvalue weighted by Gasteiger charge is 2.44. The molecule has 0 radical (unpaired) electrons. The SMILES string of the molecule is O=c1nc2n(c3sc4c(c13)CCCC4)Cc1ccccc1C21CCOCC1. The molecule has 1 aromatic carbocycles. The van der Waals surface area contributed by atoms with Gasteiger partial charge in [0.05, 0.1) is 17.3 Å². The van der Waals surface area contributed by atoms with E-state index in [4.69, 9.17) is 9.72 Å². The number of thiophene rings is 1. The van der Waals surface area contributed by atoms with E-state index in [1.807, 2.05) is 11.3 Å². The molecule has 1 fully saturated rings. The number of benzene rings is 1. The zero-order valence-electron chi connectivity index (χ0n) is 15.3. The van der Waals surface area contributed by atoms with Gasteiger partial charge in [-0.15, -0.1) is 11.3 Å². The summed E-state index contributed by atoms with van der Waals surface area (Å²) < 4.78 is 8.07. The lowest BCUT2D eigenvalue weighted by molar-refractivity contribution is 0.0575. The molecule has 5 heteroatoms. The third-order valence-corrected chi connectivity index (χ3v) is 8.03. The summed E-state index contributed by atoms with van der Waals surface area (Å²) in [6.45, 7) is 2.27. The first kappa shape index (κ1) is 16.0. The lowest BCUT2D eigenvalue weighted by atomic mass is 9.70. The van der Waals surface area contributed by atoms with E-state index in [0.29, 0.717) is 0 Å². The summed E-state index contributed by atoms with van der Waals surface area (Å²) in [4.78, 5) is 20.5. The molecule has 4 nitrogen and oxygen atoms in total. The van der Waals surface area contributed by atoms with Gasteiger partial charge in [0, 0.05) is 18.1 Å². The molecular weight excluding hydrogens is 356 g/mol. The predicted molar refractivity (Wildman–Crippen MR) is 107 cm³/mol. The first-order valence-electron chi connectivity index (χ1n) is 10.00. The Labute approximate surface area is 161 Å². The molecule has 1 aliphatic carbocycles. The van der Waals surface area contributed by atoms with E-state index >= 15 is 0 Å². The molecule has 6 rings (SSSR count). The maximum atomic E-state index is 13.2. The Balaban J connectivity index is 1.69. The fourth-order valence-corrected chi connectivity index (χ4v) is 6.79. The number of fused-ring (bicyclic) bond motifs is 8. The molecule has 138 valence electrons. The van der Waals surface area contributed by atoms with Crippen LogP contribution < -0.4 is 5.56 Å². The van der Waals surface area contributed by atoms with E-state index in [-0.39, 0.29) is 11.0 Å². The highest BCUT2D eigenvalue weighted by molar-refractivity contribution is 7.18. The molecule has 0 N–H and O–H groups in total. The van der Waals surface area contributed by atoms with Crippen molar-refractivity contribution < 1.29 is 4.74 Å². The minimum atomic E-state index is -0.190. The fraction of sp³-hybridized carbons (Fsp3) is 0.455. The fourth-order valence-electron chi connectivity index (χ4n) is 5.41. The average molecular weight is 378 g/mol. The summed E-state index contributed by atoms with van der Waals surface area (Å²) in [6.07, 6.45) is 6.35. The topological polar surface area (TPSA) is 44.1 Å². The van der Waals surface area contributed by atoms with Gasteiger partial charge in [0.15, 0.2) is 0 Å². The molecule has 0 atom stereocenters. The lowest BCUT2D eigenvalue weighted by Crippen LogP contribution is -2.43. The summed E-state index contributed by atoms with van der Waals surface area (Å²) in [5, 5.41) is 0.903. The van der Waals surface area contributed by atoms with Gasteiger partial charge in [-0.05, 0) is 55.2 Å². The Bertz CT molecular complexity index is 1120. The zero-order chi connectivity index (χ0) is 18.0. The molecule has 3 aliphatic rings. The van der Waals surface area contributed by atoms with Gasteiger partial charge < -0.3 is 9.30 Å². The van der Waals surface area contributed by atoms with Gasteiger partial charge in [-0.2, -0.15) is 4.98 Å². The molecule has 4 heterocycles. The number of hydrogen-bond donors (Lipinski definition) is 0. The molecule has 0 amide bonds. The van der Waals surface area contributed by atoms with Crippen molar-refractivity contribution in [1.29, 1.82) is 0 Å². The van der Waals surface area contributed by atoms with Crippen molar-refractivity contribution in [2.75, 3.05) is 13.2 Å². The van der Waals surface area contributed by atoms with Crippen molar-refractivity contribution in [3.63, 3.8) is 0 Å². The Kier molecular flexibility index (Phi) is 3.42. The Morgan fingerprint density at radius 2 is 1.93 bits per heavy atom. The average Bonchev–Trinajstić information content (AvgIpc) is 3.11. The van der Waals surface area contributed by atoms with Crippen LogP contribution in [0.25, 0.3) is 10.2 Å². The number of hydrogen-bond acceptors (Lipinski definition) is 4. The molecule has 2 aromatic heterocycles. The standard InChI is InChI=1S/C22H22N2O2S/c25-19-18-15-6-2-4-8-17(15)27-20(18)24-13-14-5-1-3-7-16(14)22(21(24)23-19)9-11-26-12-10-22/h1,3,5,7H,2,4,6,8-13H2. The molecule has 27 heavy (non-hydrogen) atoms. The molecule has 2 aliphatic heterocycles. The maximum absolute atomic E-state index is 13.2. The van der Waals surface area contributed by atoms with Crippen molar-refractivity contribution in [3.8, 4) is 0 Å². The number of aryl methyl sites for hydroxylation is 2. The van der Waals surface area contributed by atoms with Crippen LogP contribution in [0, 0.1) is 0 Å². The Hall–Kier alpha value is -1.98. The van der Waals surface area contributed by atoms with Crippen molar-refractivity contribution in [2.45, 2.75) is 50.5 Å². The molecule has 0 bridgehead atoms. The Morgan fingerprint density at radius 1 is 1.11 bits per heavy atom. The van der Waals surface area contributed by atoms with Crippen LogP contribution in [0.5, 0.6) is 0 Å². The van der Waals surface area contributed by atoms with Crippen molar-refractivity contribution in [3.05, 3.63) is 62.0 Å². The highest BCUT2D eigenvalue weighted by Crippen LogP contribution is 2.46. The van der Waals surface area contributed by atoms with Crippen LogP contribution in [0.4, 0.5) is 0 Å². The van der Waals surface area contributed by atoms with E-state index in [1.165, 1.54) is 34.4 Å². The third-order valence-electron chi connectivity index (χ3n) is 6.71. The van der Waals surface area contributed by atoms with Gasteiger partial charge >= 0.3 is 0 Å². The van der Waals surface area contributed by atoms with Gasteiger partial charge in [-0.25, -0.2) is 0 Å². The summed E-state index contributed by atoms with van der Waals surface area (Å²) in [5.74, 6) is 0.973. The van der Waals surface area contributed by atoms with Crippen LogP contribution in [0.1, 0.15) is 53.1 Å². The summed E-state index contributed by atoms with van der Waals surface area (Å²) in [6, 6.07) is 8.72. The van der Waals surface area contributed by atoms with E-state index in [2.05, 4.69) is 28.8 Å². The van der Waals surface area contributed by atoms with E-state index in [9.17, 15) is 4.79 Å². The van der Waals surface area contributed by atoms with Gasteiger partial charge in [0.2, 0.25) is 0 Å². The zero-order valence-corrected chi connectivity index (χ0v) is 16.1. The van der Waals surface area contributed by atoms with Crippen molar-refractivity contribution in [1.82, 2.24) is 9.55 Å². The molecule has 0 saturated carbocycles. The minimum Gasteiger partial charge on any atom is -0.381 e. The van der Waals surface area contributed by atoms with Gasteiger partial charge in [-0.1, -0.05) is 24.3 Å². The second-order valence-corrected chi connectivity index (χ2v) is 9.15. The summed E-state index contributed by atoms with van der Waals surface area (Å²) >= 11 is 1.84. The van der Waals surface area contributed by atoms with E-state index in [0.717, 1.165) is 61.5 Å². The minimum absolute atomic E-state index is 0.0131. The van der Waals surface area contributed by atoms with E-state index in [1.54, 1.807) is 0 Å². The van der Waals surface area contributed by atoms with Gasteiger partial charge in [-0.3, -0.25) is 4.79 Å². The number of rotatable bonds is 0. The van der Waals surface area contributed by atoms with Crippen molar-refractivity contribution in [2.24, 2.45) is 0 Å². The largest absolute Gasteiger partial charge is 0.381 e. The molecule has 1 spiro atoms. The van der Waals surface area contributed by atoms with Crippen LogP contribution in [-0.2, 0) is 29.5 Å². The summed E-state index contributed by atoms with van der Waals surface area (Å²) in [7, 11) is 0. The number of aromatic nitrogens is 2. The third kappa shape index (κ3) is 2.13. The lowest BCUT2D eigenvalue weighted by Gasteiger charge is -2.42. The summed E-state index contributed by atoms with van der Waals surface area (Å²) in [5.41, 5.74) is 3.80. The molecule has 3 aromatic rings. The van der Waals surface area contributed by atoms with Crippen molar-refractivity contribution >= 4 is 21.6 Å².